The fraction of sp³-hybridized carbons (Fsp3) is 0.733. The van der Waals surface area contributed by atoms with Gasteiger partial charge in [-0.2, -0.15) is 0 Å². The fourth-order valence-electron chi connectivity index (χ4n) is 4.64. The van der Waals surface area contributed by atoms with Gasteiger partial charge in [-0.05, 0) is 24.3 Å². The molecule has 4 nitrogen and oxygen atoms in total. The van der Waals surface area contributed by atoms with Crippen LogP contribution in [-0.2, 0) is 14.3 Å². The quantitative estimate of drug-likeness (QED) is 0.675. The van der Waals surface area contributed by atoms with Gasteiger partial charge in [-0.25, -0.2) is 4.79 Å². The summed E-state index contributed by atoms with van der Waals surface area (Å²) in [5.41, 5.74) is -2.11. The van der Waals surface area contributed by atoms with Crippen molar-refractivity contribution >= 4 is 11.8 Å². The molecule has 104 valence electrons. The summed E-state index contributed by atoms with van der Waals surface area (Å²) < 4.78 is 5.02. The number of ketones is 1. The van der Waals surface area contributed by atoms with Crippen molar-refractivity contribution < 1.29 is 19.4 Å². The molecule has 2 aliphatic carbocycles. The van der Waals surface area contributed by atoms with Crippen molar-refractivity contribution in [1.29, 1.82) is 0 Å². The van der Waals surface area contributed by atoms with E-state index in [1.165, 1.54) is 6.08 Å². The van der Waals surface area contributed by atoms with Crippen LogP contribution in [0.1, 0.15) is 40.0 Å². The Kier molecular flexibility index (Phi) is 2.35. The first-order valence-electron chi connectivity index (χ1n) is 6.88. The molecule has 2 fully saturated rings. The summed E-state index contributed by atoms with van der Waals surface area (Å²) in [4.78, 5) is 24.6. The fourth-order valence-corrected chi connectivity index (χ4v) is 4.64. The number of carbonyl (C=O) groups excluding carboxylic acids is 2. The van der Waals surface area contributed by atoms with Gasteiger partial charge >= 0.3 is 5.97 Å². The van der Waals surface area contributed by atoms with E-state index >= 15 is 0 Å². The van der Waals surface area contributed by atoms with Gasteiger partial charge < -0.3 is 9.84 Å². The van der Waals surface area contributed by atoms with E-state index in [-0.39, 0.29) is 23.7 Å². The van der Waals surface area contributed by atoms with Crippen LogP contribution >= 0.6 is 0 Å². The Bertz CT molecular complexity index is 504. The normalized spacial score (nSPS) is 44.2. The maximum Gasteiger partial charge on any atom is 0.343 e. The van der Waals surface area contributed by atoms with Crippen molar-refractivity contribution in [2.24, 2.45) is 16.7 Å². The molecular weight excluding hydrogens is 244 g/mol. The topological polar surface area (TPSA) is 63.6 Å². The predicted octanol–water partition coefficient (Wildman–Crippen LogP) is 1.62. The zero-order valence-corrected chi connectivity index (χ0v) is 11.7. The Morgan fingerprint density at radius 1 is 1.26 bits per heavy atom. The van der Waals surface area contributed by atoms with Gasteiger partial charge in [0.1, 0.15) is 6.61 Å². The van der Waals surface area contributed by atoms with Crippen LogP contribution in [0.2, 0.25) is 0 Å². The summed E-state index contributed by atoms with van der Waals surface area (Å²) >= 11 is 0. The Morgan fingerprint density at radius 3 is 2.63 bits per heavy atom. The van der Waals surface area contributed by atoms with Gasteiger partial charge in [-0.1, -0.05) is 27.2 Å². The molecule has 1 heterocycles. The lowest BCUT2D eigenvalue weighted by atomic mass is 9.47. The molecule has 0 aromatic rings. The third kappa shape index (κ3) is 1.33. The molecule has 0 bridgehead atoms. The maximum atomic E-state index is 12.5. The highest BCUT2D eigenvalue weighted by Gasteiger charge is 2.68. The number of ether oxygens (including phenoxy) is 1. The van der Waals surface area contributed by atoms with E-state index in [9.17, 15) is 14.7 Å². The number of allylic oxidation sites excluding steroid dienone is 1. The summed E-state index contributed by atoms with van der Waals surface area (Å²) in [5, 5.41) is 11.0. The van der Waals surface area contributed by atoms with Crippen molar-refractivity contribution in [1.82, 2.24) is 0 Å². The third-order valence-electron chi connectivity index (χ3n) is 5.48. The smallest absolute Gasteiger partial charge is 0.343 e. The zero-order chi connectivity index (χ0) is 14.1. The minimum atomic E-state index is -1.61. The van der Waals surface area contributed by atoms with E-state index in [0.29, 0.717) is 12.0 Å². The standard InChI is InChI=1S/C15H20O4/c1-13(2)5-4-6-14(3)11(13)10(16)7-9-8-19-12(17)15(9,14)18/h7,11,18H,4-6,8H2,1-3H3/t11-,14-,15-/m0/s1. The number of carbonyl (C=O) groups is 2. The van der Waals surface area contributed by atoms with E-state index in [0.717, 1.165) is 12.8 Å². The van der Waals surface area contributed by atoms with Gasteiger partial charge in [0.25, 0.3) is 0 Å². The summed E-state index contributed by atoms with van der Waals surface area (Å²) in [5.74, 6) is -0.880. The first-order valence-corrected chi connectivity index (χ1v) is 6.88. The predicted molar refractivity (Wildman–Crippen MR) is 68.2 cm³/mol. The van der Waals surface area contributed by atoms with Crippen LogP contribution in [0.15, 0.2) is 11.6 Å². The minimum absolute atomic E-state index is 0.0326. The summed E-state index contributed by atoms with van der Waals surface area (Å²) in [7, 11) is 0. The average molecular weight is 264 g/mol. The molecule has 1 N–H and O–H groups in total. The molecule has 0 aromatic carbocycles. The molecule has 1 saturated carbocycles. The molecule has 3 aliphatic rings. The lowest BCUT2D eigenvalue weighted by Gasteiger charge is -2.56. The SMILES string of the molecule is CC1(C)CCC[C@@]2(C)[C@H]1C(=O)C=C1COC(=O)[C@@]12O. The van der Waals surface area contributed by atoms with E-state index in [4.69, 9.17) is 4.74 Å². The van der Waals surface area contributed by atoms with Gasteiger partial charge in [0, 0.05) is 16.9 Å². The lowest BCUT2D eigenvalue weighted by Crippen LogP contribution is -2.63. The molecule has 19 heavy (non-hydrogen) atoms. The first-order chi connectivity index (χ1) is 8.73. The number of hydrogen-bond acceptors (Lipinski definition) is 4. The zero-order valence-electron chi connectivity index (χ0n) is 11.7. The van der Waals surface area contributed by atoms with Gasteiger partial charge in [0.2, 0.25) is 0 Å². The van der Waals surface area contributed by atoms with E-state index in [1.807, 2.05) is 6.92 Å². The Morgan fingerprint density at radius 2 is 1.95 bits per heavy atom. The number of hydrogen-bond donors (Lipinski definition) is 1. The summed E-state index contributed by atoms with van der Waals surface area (Å²) in [6.07, 6.45) is 3.98. The highest BCUT2D eigenvalue weighted by atomic mass is 16.6. The van der Waals surface area contributed by atoms with E-state index < -0.39 is 17.0 Å². The Labute approximate surface area is 112 Å². The molecule has 0 spiro atoms. The van der Waals surface area contributed by atoms with Crippen LogP contribution in [0.3, 0.4) is 0 Å². The maximum absolute atomic E-state index is 12.5. The van der Waals surface area contributed by atoms with Gasteiger partial charge in [0.05, 0.1) is 0 Å². The molecule has 3 rings (SSSR count). The molecule has 0 unspecified atom stereocenters. The largest absolute Gasteiger partial charge is 0.459 e. The van der Waals surface area contributed by atoms with Crippen LogP contribution in [0.25, 0.3) is 0 Å². The first kappa shape index (κ1) is 12.9. The number of rotatable bonds is 0. The number of esters is 1. The lowest BCUT2D eigenvalue weighted by molar-refractivity contribution is -0.180. The molecule has 1 aliphatic heterocycles. The van der Waals surface area contributed by atoms with Crippen LogP contribution in [0, 0.1) is 16.7 Å². The molecule has 1 saturated heterocycles. The van der Waals surface area contributed by atoms with Crippen LogP contribution < -0.4 is 0 Å². The Balaban J connectivity index is 2.23. The van der Waals surface area contributed by atoms with Crippen molar-refractivity contribution in [3.05, 3.63) is 11.6 Å². The van der Waals surface area contributed by atoms with E-state index in [1.54, 1.807) is 0 Å². The molecular formula is C15H20O4. The third-order valence-corrected chi connectivity index (χ3v) is 5.48. The molecule has 0 amide bonds. The monoisotopic (exact) mass is 264 g/mol. The minimum Gasteiger partial charge on any atom is -0.459 e. The van der Waals surface area contributed by atoms with Crippen LogP contribution in [-0.4, -0.2) is 29.1 Å². The van der Waals surface area contributed by atoms with Crippen molar-refractivity contribution in [2.75, 3.05) is 6.61 Å². The molecule has 4 heteroatoms. The second-order valence-electron chi connectivity index (χ2n) is 7.05. The summed E-state index contributed by atoms with van der Waals surface area (Å²) in [6, 6.07) is 0. The molecule has 0 aromatic heterocycles. The molecule has 3 atom stereocenters. The van der Waals surface area contributed by atoms with Gasteiger partial charge in [-0.3, -0.25) is 4.79 Å². The second kappa shape index (κ2) is 3.48. The van der Waals surface area contributed by atoms with Gasteiger partial charge in [-0.15, -0.1) is 0 Å². The summed E-state index contributed by atoms with van der Waals surface area (Å²) in [6.45, 7) is 6.02. The van der Waals surface area contributed by atoms with Crippen molar-refractivity contribution in [3.63, 3.8) is 0 Å². The number of cyclic esters (lactones) is 1. The second-order valence-corrected chi connectivity index (χ2v) is 7.05. The number of aliphatic hydroxyl groups is 1. The average Bonchev–Trinajstić information content (AvgIpc) is 2.57. The molecule has 0 radical (unpaired) electrons. The number of fused-ring (bicyclic) bond motifs is 3. The highest BCUT2D eigenvalue weighted by molar-refractivity contribution is 6.01. The van der Waals surface area contributed by atoms with Gasteiger partial charge in [0.15, 0.2) is 11.4 Å². The van der Waals surface area contributed by atoms with Crippen molar-refractivity contribution in [3.8, 4) is 0 Å². The van der Waals surface area contributed by atoms with E-state index in [2.05, 4.69) is 13.8 Å². The highest BCUT2D eigenvalue weighted by Crippen LogP contribution is 2.61. The van der Waals surface area contributed by atoms with Crippen molar-refractivity contribution in [2.45, 2.75) is 45.6 Å². The Hall–Kier alpha value is -1.16. The van der Waals surface area contributed by atoms with Crippen LogP contribution in [0.5, 0.6) is 0 Å². The van der Waals surface area contributed by atoms with Crippen LogP contribution in [0.4, 0.5) is 0 Å².